The first-order chi connectivity index (χ1) is 10.7. The number of Topliss-reactive ketones (excluding diaryl/α,β-unsaturated/α-hetero) is 1. The summed E-state index contributed by atoms with van der Waals surface area (Å²) in [5.74, 6) is 1.01. The van der Waals surface area contributed by atoms with E-state index in [2.05, 4.69) is 10.6 Å². The van der Waals surface area contributed by atoms with Crippen LogP contribution in [-0.4, -0.2) is 31.0 Å². The van der Waals surface area contributed by atoms with Gasteiger partial charge < -0.3 is 15.4 Å². The average Bonchev–Trinajstić information content (AvgIpc) is 2.82. The van der Waals surface area contributed by atoms with Crippen molar-refractivity contribution in [2.75, 3.05) is 18.5 Å². The van der Waals surface area contributed by atoms with Crippen LogP contribution in [0.15, 0.2) is 18.2 Å². The number of nitrogens with one attached hydrogen (secondary N) is 2. The van der Waals surface area contributed by atoms with E-state index in [0.29, 0.717) is 12.6 Å². The second-order valence-corrected chi connectivity index (χ2v) is 6.43. The summed E-state index contributed by atoms with van der Waals surface area (Å²) < 4.78 is 5.56. The summed E-state index contributed by atoms with van der Waals surface area (Å²) in [5.41, 5.74) is 1.68. The fraction of sp³-hybridized carbons (Fsp3) is 0.611. The van der Waals surface area contributed by atoms with Crippen LogP contribution < -0.4 is 15.4 Å². The first kappa shape index (κ1) is 15.3. The number of fused-ring (bicyclic) bond motifs is 1. The van der Waals surface area contributed by atoms with Gasteiger partial charge in [0.15, 0.2) is 5.78 Å². The molecule has 1 heterocycles. The minimum atomic E-state index is -0.134. The maximum atomic E-state index is 12.7. The Hall–Kier alpha value is -1.55. The summed E-state index contributed by atoms with van der Waals surface area (Å²) in [7, 11) is 0. The fourth-order valence-corrected chi connectivity index (χ4v) is 3.42. The zero-order valence-electron chi connectivity index (χ0n) is 13.4. The van der Waals surface area contributed by atoms with Crippen LogP contribution in [0.25, 0.3) is 0 Å². The van der Waals surface area contributed by atoms with E-state index >= 15 is 0 Å². The first-order valence-corrected chi connectivity index (χ1v) is 8.55. The van der Waals surface area contributed by atoms with Crippen molar-refractivity contribution in [3.05, 3.63) is 23.8 Å². The average molecular weight is 302 g/mol. The first-order valence-electron chi connectivity index (χ1n) is 8.55. The summed E-state index contributed by atoms with van der Waals surface area (Å²) in [6.07, 6.45) is 7.60. The van der Waals surface area contributed by atoms with Gasteiger partial charge in [-0.1, -0.05) is 25.7 Å². The summed E-state index contributed by atoms with van der Waals surface area (Å²) in [5, 5.41) is 6.82. The molecule has 1 aliphatic carbocycles. The third-order valence-corrected chi connectivity index (χ3v) is 4.67. The normalized spacial score (nSPS) is 20.2. The second kappa shape index (κ2) is 7.14. The Labute approximate surface area is 132 Å². The van der Waals surface area contributed by atoms with Gasteiger partial charge in [-0.05, 0) is 38.0 Å². The monoisotopic (exact) mass is 302 g/mol. The molecule has 1 aromatic carbocycles. The van der Waals surface area contributed by atoms with Gasteiger partial charge in [-0.25, -0.2) is 0 Å². The molecule has 0 radical (unpaired) electrons. The van der Waals surface area contributed by atoms with Crippen molar-refractivity contribution in [2.24, 2.45) is 0 Å². The van der Waals surface area contributed by atoms with Crippen LogP contribution in [0, 0.1) is 0 Å². The Bertz CT molecular complexity index is 522. The third kappa shape index (κ3) is 3.61. The molecule has 0 aromatic heterocycles. The number of hydrogen-bond acceptors (Lipinski definition) is 4. The van der Waals surface area contributed by atoms with Crippen molar-refractivity contribution in [3.8, 4) is 5.75 Å². The van der Waals surface area contributed by atoms with E-state index in [0.717, 1.165) is 23.5 Å². The predicted molar refractivity (Wildman–Crippen MR) is 88.8 cm³/mol. The molecule has 1 saturated carbocycles. The highest BCUT2D eigenvalue weighted by Crippen LogP contribution is 2.28. The van der Waals surface area contributed by atoms with E-state index in [1.54, 1.807) is 0 Å². The summed E-state index contributed by atoms with van der Waals surface area (Å²) in [6.45, 7) is 3.46. The van der Waals surface area contributed by atoms with Crippen molar-refractivity contribution in [3.63, 3.8) is 0 Å². The van der Waals surface area contributed by atoms with Crippen molar-refractivity contribution in [2.45, 2.75) is 57.5 Å². The SMILES string of the molecule is CC(NC1CCCCCC1)C(=O)c1ccc2c(c1)NCCO2. The highest BCUT2D eigenvalue weighted by atomic mass is 16.5. The lowest BCUT2D eigenvalue weighted by molar-refractivity contribution is 0.0942. The number of hydrogen-bond donors (Lipinski definition) is 2. The second-order valence-electron chi connectivity index (χ2n) is 6.43. The highest BCUT2D eigenvalue weighted by molar-refractivity contribution is 6.01. The maximum Gasteiger partial charge on any atom is 0.179 e. The third-order valence-electron chi connectivity index (χ3n) is 4.67. The molecule has 120 valence electrons. The molecule has 1 aromatic rings. The number of benzene rings is 1. The lowest BCUT2D eigenvalue weighted by atomic mass is 10.0. The van der Waals surface area contributed by atoms with Gasteiger partial charge in [0, 0.05) is 18.2 Å². The zero-order chi connectivity index (χ0) is 15.4. The molecule has 1 atom stereocenters. The number of ketones is 1. The van der Waals surface area contributed by atoms with Gasteiger partial charge in [0.05, 0.1) is 11.7 Å². The van der Waals surface area contributed by atoms with Gasteiger partial charge in [0.25, 0.3) is 0 Å². The van der Waals surface area contributed by atoms with Crippen LogP contribution in [0.3, 0.4) is 0 Å². The standard InChI is InChI=1S/C18H26N2O2/c1-13(20-15-6-4-2-3-5-7-15)18(21)14-8-9-17-16(12-14)19-10-11-22-17/h8-9,12-13,15,19-20H,2-7,10-11H2,1H3. The van der Waals surface area contributed by atoms with E-state index in [9.17, 15) is 4.79 Å². The molecule has 4 heteroatoms. The molecule has 22 heavy (non-hydrogen) atoms. The molecule has 3 rings (SSSR count). The van der Waals surface area contributed by atoms with E-state index < -0.39 is 0 Å². The largest absolute Gasteiger partial charge is 0.490 e. The molecule has 2 aliphatic rings. The van der Waals surface area contributed by atoms with Crippen LogP contribution in [0.1, 0.15) is 55.8 Å². The number of anilines is 1. The molecule has 4 nitrogen and oxygen atoms in total. The number of ether oxygens (including phenoxy) is 1. The Balaban J connectivity index is 1.64. The Morgan fingerprint density at radius 1 is 1.27 bits per heavy atom. The van der Waals surface area contributed by atoms with E-state index in [4.69, 9.17) is 4.74 Å². The topological polar surface area (TPSA) is 50.4 Å². The molecule has 0 saturated heterocycles. The van der Waals surface area contributed by atoms with Gasteiger partial charge in [-0.2, -0.15) is 0 Å². The Morgan fingerprint density at radius 3 is 2.82 bits per heavy atom. The van der Waals surface area contributed by atoms with Crippen molar-refractivity contribution >= 4 is 11.5 Å². The van der Waals surface area contributed by atoms with E-state index in [1.807, 2.05) is 25.1 Å². The highest BCUT2D eigenvalue weighted by Gasteiger charge is 2.21. The number of carbonyl (C=O) groups excluding carboxylic acids is 1. The Morgan fingerprint density at radius 2 is 2.05 bits per heavy atom. The van der Waals surface area contributed by atoms with E-state index in [-0.39, 0.29) is 11.8 Å². The molecular formula is C18H26N2O2. The van der Waals surface area contributed by atoms with Crippen molar-refractivity contribution < 1.29 is 9.53 Å². The number of carbonyl (C=O) groups is 1. The minimum Gasteiger partial charge on any atom is -0.490 e. The summed E-state index contributed by atoms with van der Waals surface area (Å²) >= 11 is 0. The molecular weight excluding hydrogens is 276 g/mol. The van der Waals surface area contributed by atoms with Gasteiger partial charge in [0.2, 0.25) is 0 Å². The molecule has 1 aliphatic heterocycles. The molecule has 1 fully saturated rings. The number of rotatable bonds is 4. The quantitative estimate of drug-likeness (QED) is 0.661. The van der Waals surface area contributed by atoms with Gasteiger partial charge >= 0.3 is 0 Å². The van der Waals surface area contributed by atoms with Crippen molar-refractivity contribution in [1.82, 2.24) is 5.32 Å². The van der Waals surface area contributed by atoms with Crippen LogP contribution in [0.2, 0.25) is 0 Å². The van der Waals surface area contributed by atoms with Crippen molar-refractivity contribution in [1.29, 1.82) is 0 Å². The predicted octanol–water partition coefficient (Wildman–Crippen LogP) is 3.37. The molecule has 0 amide bonds. The van der Waals surface area contributed by atoms with Gasteiger partial charge in [-0.15, -0.1) is 0 Å². The fourth-order valence-electron chi connectivity index (χ4n) is 3.42. The summed E-state index contributed by atoms with van der Waals surface area (Å²) in [6, 6.07) is 6.04. The minimum absolute atomic E-state index is 0.134. The maximum absolute atomic E-state index is 12.7. The van der Waals surface area contributed by atoms with Crippen LogP contribution in [-0.2, 0) is 0 Å². The molecule has 2 N–H and O–H groups in total. The molecule has 1 unspecified atom stereocenters. The van der Waals surface area contributed by atoms with Crippen LogP contribution in [0.5, 0.6) is 5.75 Å². The molecule has 0 bridgehead atoms. The van der Waals surface area contributed by atoms with Crippen LogP contribution >= 0.6 is 0 Å². The van der Waals surface area contributed by atoms with E-state index in [1.165, 1.54) is 38.5 Å². The van der Waals surface area contributed by atoms with Crippen LogP contribution in [0.4, 0.5) is 5.69 Å². The zero-order valence-corrected chi connectivity index (χ0v) is 13.4. The van der Waals surface area contributed by atoms with Gasteiger partial charge in [0.1, 0.15) is 12.4 Å². The Kier molecular flexibility index (Phi) is 4.98. The summed E-state index contributed by atoms with van der Waals surface area (Å²) in [4.78, 5) is 12.7. The lowest BCUT2D eigenvalue weighted by Gasteiger charge is -2.23. The molecule has 0 spiro atoms. The smallest absolute Gasteiger partial charge is 0.179 e. The lowest BCUT2D eigenvalue weighted by Crippen LogP contribution is -2.41. The van der Waals surface area contributed by atoms with Gasteiger partial charge in [-0.3, -0.25) is 4.79 Å².